The monoisotopic (exact) mass is 235 g/mol. The molecule has 92 valence electrons. The molecule has 1 amide bonds. The molecule has 0 radical (unpaired) electrons. The van der Waals surface area contributed by atoms with Crippen LogP contribution in [0.1, 0.15) is 10.5 Å². The Morgan fingerprint density at radius 3 is 2.71 bits per heavy atom. The highest BCUT2D eigenvalue weighted by atomic mass is 16.2. The Bertz CT molecular complexity index is 385. The van der Waals surface area contributed by atoms with Crippen LogP contribution in [0, 0.1) is 0 Å². The topological polar surface area (TPSA) is 84.1 Å². The van der Waals surface area contributed by atoms with Gasteiger partial charge in [-0.2, -0.15) is 0 Å². The zero-order chi connectivity index (χ0) is 12.7. The molecule has 1 aromatic heterocycles. The number of rotatable bonds is 5. The lowest BCUT2D eigenvalue weighted by Crippen LogP contribution is -2.23. The van der Waals surface area contributed by atoms with Gasteiger partial charge >= 0.3 is 0 Å². The smallest absolute Gasteiger partial charge is 0.273 e. The maximum absolute atomic E-state index is 11.5. The van der Waals surface area contributed by atoms with Crippen molar-refractivity contribution < 1.29 is 4.79 Å². The Labute approximate surface area is 101 Å². The van der Waals surface area contributed by atoms with Gasteiger partial charge in [0.15, 0.2) is 5.69 Å². The summed E-state index contributed by atoms with van der Waals surface area (Å²) < 4.78 is 0. The Balaban J connectivity index is 2.56. The van der Waals surface area contributed by atoms with Gasteiger partial charge in [0.05, 0.1) is 0 Å². The zero-order valence-corrected chi connectivity index (χ0v) is 10.1. The molecule has 1 aromatic rings. The minimum atomic E-state index is -0.160. The number of aromatic nitrogens is 2. The molecule has 0 aliphatic carbocycles. The average Bonchev–Trinajstić information content (AvgIpc) is 2.34. The highest BCUT2D eigenvalue weighted by Crippen LogP contribution is 2.03. The molecule has 0 aromatic carbocycles. The third-order valence-electron chi connectivity index (χ3n) is 1.99. The summed E-state index contributed by atoms with van der Waals surface area (Å²) >= 11 is 0. The van der Waals surface area contributed by atoms with Crippen molar-refractivity contribution in [3.05, 3.63) is 30.0 Å². The lowest BCUT2D eigenvalue weighted by Gasteiger charge is -2.09. The molecule has 0 aliphatic rings. The fourth-order valence-electron chi connectivity index (χ4n) is 1.11. The van der Waals surface area contributed by atoms with E-state index in [4.69, 9.17) is 5.73 Å². The summed E-state index contributed by atoms with van der Waals surface area (Å²) in [5.74, 6) is 0.467. The van der Waals surface area contributed by atoms with Gasteiger partial charge in [0.2, 0.25) is 0 Å². The van der Waals surface area contributed by atoms with E-state index < -0.39 is 0 Å². The second kappa shape index (κ2) is 6.59. The molecule has 0 spiro atoms. The number of carbonyl (C=O) groups is 1. The van der Waals surface area contributed by atoms with E-state index in [1.54, 1.807) is 26.2 Å². The van der Waals surface area contributed by atoms with E-state index in [0.29, 0.717) is 24.6 Å². The van der Waals surface area contributed by atoms with Crippen molar-refractivity contribution in [1.82, 2.24) is 15.1 Å². The first-order valence-electron chi connectivity index (χ1n) is 5.29. The van der Waals surface area contributed by atoms with Gasteiger partial charge in [0, 0.05) is 27.2 Å². The molecule has 0 bridgehead atoms. The summed E-state index contributed by atoms with van der Waals surface area (Å²) in [7, 11) is 3.35. The molecule has 0 saturated heterocycles. The standard InChI is InChI=1S/C11H17N5O/c1-16(2)11(17)9-5-6-10(15-14-9)13-8-4-3-7-12/h3-6H,7-8,12H2,1-2H3,(H,13,15)/b4-3+. The number of nitrogens with one attached hydrogen (secondary N) is 1. The van der Waals surface area contributed by atoms with Crippen molar-refractivity contribution >= 4 is 11.7 Å². The van der Waals surface area contributed by atoms with Gasteiger partial charge in [-0.3, -0.25) is 4.79 Å². The van der Waals surface area contributed by atoms with Crippen LogP contribution in [0.3, 0.4) is 0 Å². The van der Waals surface area contributed by atoms with E-state index >= 15 is 0 Å². The predicted molar refractivity (Wildman–Crippen MR) is 66.7 cm³/mol. The van der Waals surface area contributed by atoms with Crippen LogP contribution in [0.25, 0.3) is 0 Å². The highest BCUT2D eigenvalue weighted by molar-refractivity contribution is 5.91. The predicted octanol–water partition coefficient (Wildman–Crippen LogP) is 0.105. The molecule has 3 N–H and O–H groups in total. The van der Waals surface area contributed by atoms with Crippen molar-refractivity contribution in [3.8, 4) is 0 Å². The first-order chi connectivity index (χ1) is 8.15. The Kier molecular flexibility index (Phi) is 5.09. The molecule has 6 nitrogen and oxygen atoms in total. The Morgan fingerprint density at radius 1 is 1.41 bits per heavy atom. The Morgan fingerprint density at radius 2 is 2.18 bits per heavy atom. The van der Waals surface area contributed by atoms with Crippen LogP contribution in [0.2, 0.25) is 0 Å². The average molecular weight is 235 g/mol. The van der Waals surface area contributed by atoms with E-state index in [0.717, 1.165) is 0 Å². The number of anilines is 1. The normalized spacial score (nSPS) is 10.5. The lowest BCUT2D eigenvalue weighted by atomic mass is 10.3. The first-order valence-corrected chi connectivity index (χ1v) is 5.29. The van der Waals surface area contributed by atoms with E-state index in [2.05, 4.69) is 15.5 Å². The molecule has 0 unspecified atom stereocenters. The maximum atomic E-state index is 11.5. The van der Waals surface area contributed by atoms with Crippen molar-refractivity contribution in [1.29, 1.82) is 0 Å². The molecule has 17 heavy (non-hydrogen) atoms. The zero-order valence-electron chi connectivity index (χ0n) is 10.1. The molecular weight excluding hydrogens is 218 g/mol. The minimum absolute atomic E-state index is 0.160. The lowest BCUT2D eigenvalue weighted by molar-refractivity contribution is 0.0821. The van der Waals surface area contributed by atoms with Gasteiger partial charge in [-0.05, 0) is 12.1 Å². The summed E-state index contributed by atoms with van der Waals surface area (Å²) in [4.78, 5) is 13.0. The van der Waals surface area contributed by atoms with Crippen LogP contribution in [-0.4, -0.2) is 48.2 Å². The van der Waals surface area contributed by atoms with Gasteiger partial charge in [-0.15, -0.1) is 10.2 Å². The van der Waals surface area contributed by atoms with Gasteiger partial charge in [-0.25, -0.2) is 0 Å². The molecule has 0 fully saturated rings. The number of nitrogens with zero attached hydrogens (tertiary/aromatic N) is 3. The highest BCUT2D eigenvalue weighted by Gasteiger charge is 2.09. The molecule has 0 saturated carbocycles. The molecule has 6 heteroatoms. The molecular formula is C11H17N5O. The van der Waals surface area contributed by atoms with E-state index in [-0.39, 0.29) is 5.91 Å². The van der Waals surface area contributed by atoms with Gasteiger partial charge in [-0.1, -0.05) is 12.2 Å². The van der Waals surface area contributed by atoms with E-state index in [9.17, 15) is 4.79 Å². The van der Waals surface area contributed by atoms with Crippen LogP contribution < -0.4 is 11.1 Å². The van der Waals surface area contributed by atoms with Crippen molar-refractivity contribution in [2.45, 2.75) is 0 Å². The Hall–Kier alpha value is -1.95. The number of nitrogens with two attached hydrogens (primary N) is 1. The second-order valence-electron chi connectivity index (χ2n) is 3.59. The van der Waals surface area contributed by atoms with Crippen LogP contribution >= 0.6 is 0 Å². The van der Waals surface area contributed by atoms with Crippen LogP contribution in [0.15, 0.2) is 24.3 Å². The number of amides is 1. The third-order valence-corrected chi connectivity index (χ3v) is 1.99. The quantitative estimate of drug-likeness (QED) is 0.707. The second-order valence-corrected chi connectivity index (χ2v) is 3.59. The molecule has 1 heterocycles. The van der Waals surface area contributed by atoms with E-state index in [1.165, 1.54) is 4.90 Å². The maximum Gasteiger partial charge on any atom is 0.273 e. The van der Waals surface area contributed by atoms with Crippen LogP contribution in [0.4, 0.5) is 5.82 Å². The van der Waals surface area contributed by atoms with Gasteiger partial charge in [0.25, 0.3) is 5.91 Å². The van der Waals surface area contributed by atoms with Gasteiger partial charge < -0.3 is 16.0 Å². The van der Waals surface area contributed by atoms with Crippen molar-refractivity contribution in [2.75, 3.05) is 32.5 Å². The largest absolute Gasteiger partial charge is 0.365 e. The molecule has 0 atom stereocenters. The van der Waals surface area contributed by atoms with Crippen LogP contribution in [0.5, 0.6) is 0 Å². The summed E-state index contributed by atoms with van der Waals surface area (Å²) in [6, 6.07) is 3.37. The summed E-state index contributed by atoms with van der Waals surface area (Å²) in [6.45, 7) is 1.15. The van der Waals surface area contributed by atoms with Crippen LogP contribution in [-0.2, 0) is 0 Å². The fraction of sp³-hybridized carbons (Fsp3) is 0.364. The van der Waals surface area contributed by atoms with Crippen molar-refractivity contribution in [3.63, 3.8) is 0 Å². The van der Waals surface area contributed by atoms with Gasteiger partial charge in [0.1, 0.15) is 5.82 Å². The fourth-order valence-corrected chi connectivity index (χ4v) is 1.11. The first kappa shape index (κ1) is 13.1. The number of carbonyl (C=O) groups excluding carboxylic acids is 1. The molecule has 0 aliphatic heterocycles. The minimum Gasteiger partial charge on any atom is -0.365 e. The van der Waals surface area contributed by atoms with Crippen molar-refractivity contribution in [2.24, 2.45) is 5.73 Å². The number of hydrogen-bond acceptors (Lipinski definition) is 5. The molecule has 1 rings (SSSR count). The third kappa shape index (κ3) is 4.20. The summed E-state index contributed by atoms with van der Waals surface area (Å²) in [5, 5.41) is 10.8. The summed E-state index contributed by atoms with van der Waals surface area (Å²) in [6.07, 6.45) is 3.75. The van der Waals surface area contributed by atoms with E-state index in [1.807, 2.05) is 12.2 Å². The number of hydrogen-bond donors (Lipinski definition) is 2. The summed E-state index contributed by atoms with van der Waals surface area (Å²) in [5.41, 5.74) is 5.64. The SMILES string of the molecule is CN(C)C(=O)c1ccc(NC/C=C/CN)nn1.